The summed E-state index contributed by atoms with van der Waals surface area (Å²) in [5.74, 6) is 2.54. The Morgan fingerprint density at radius 3 is 2.35 bits per heavy atom. The SMILES string of the molecule is CC1CCC(CNC(C)(C)C)C(CCCS(C)(=O)=O)C1. The molecular weight excluding hydrogens is 270 g/mol. The molecular formula is C16H33NO2S. The first kappa shape index (κ1) is 18.0. The lowest BCUT2D eigenvalue weighted by Gasteiger charge is -2.37. The van der Waals surface area contributed by atoms with Gasteiger partial charge in [-0.05, 0) is 70.8 Å². The Bertz CT molecular complexity index is 384. The maximum atomic E-state index is 11.3. The molecule has 1 rings (SSSR count). The van der Waals surface area contributed by atoms with Crippen LogP contribution in [0.3, 0.4) is 0 Å². The van der Waals surface area contributed by atoms with E-state index in [1.165, 1.54) is 25.5 Å². The second-order valence-corrected chi connectivity index (χ2v) is 10.1. The second kappa shape index (κ2) is 7.26. The molecule has 0 saturated heterocycles. The molecule has 0 aromatic carbocycles. The molecule has 3 unspecified atom stereocenters. The molecule has 0 aromatic heterocycles. The van der Waals surface area contributed by atoms with Crippen molar-refractivity contribution in [2.45, 2.75) is 65.3 Å². The Morgan fingerprint density at radius 1 is 1.15 bits per heavy atom. The maximum Gasteiger partial charge on any atom is 0.147 e. The summed E-state index contributed by atoms with van der Waals surface area (Å²) in [5.41, 5.74) is 0.167. The van der Waals surface area contributed by atoms with E-state index in [1.807, 2.05) is 0 Å². The minimum atomic E-state index is -2.81. The third kappa shape index (κ3) is 7.63. The molecule has 0 amide bonds. The third-order valence-corrected chi connectivity index (χ3v) is 5.42. The lowest BCUT2D eigenvalue weighted by Crippen LogP contribution is -2.42. The third-order valence-electron chi connectivity index (χ3n) is 4.39. The molecule has 3 nitrogen and oxygen atoms in total. The first-order valence-electron chi connectivity index (χ1n) is 7.99. The molecule has 1 aliphatic carbocycles. The molecule has 0 aromatic rings. The average molecular weight is 304 g/mol. The normalized spacial score (nSPS) is 28.6. The van der Waals surface area contributed by atoms with Gasteiger partial charge in [-0.1, -0.05) is 13.3 Å². The van der Waals surface area contributed by atoms with E-state index in [-0.39, 0.29) is 5.54 Å². The number of hydrogen-bond acceptors (Lipinski definition) is 3. The van der Waals surface area contributed by atoms with E-state index in [0.29, 0.717) is 17.6 Å². The number of nitrogens with one attached hydrogen (secondary N) is 1. The van der Waals surface area contributed by atoms with Crippen molar-refractivity contribution in [3.8, 4) is 0 Å². The summed E-state index contributed by atoms with van der Waals surface area (Å²) in [6.07, 6.45) is 7.10. The lowest BCUT2D eigenvalue weighted by atomic mass is 9.72. The van der Waals surface area contributed by atoms with Crippen molar-refractivity contribution in [2.24, 2.45) is 17.8 Å². The number of sulfone groups is 1. The van der Waals surface area contributed by atoms with Gasteiger partial charge in [0.15, 0.2) is 0 Å². The molecule has 0 heterocycles. The van der Waals surface area contributed by atoms with E-state index in [0.717, 1.165) is 25.3 Å². The summed E-state index contributed by atoms with van der Waals surface area (Å²) in [6.45, 7) is 10.0. The predicted molar refractivity (Wildman–Crippen MR) is 86.7 cm³/mol. The van der Waals surface area contributed by atoms with Gasteiger partial charge in [-0.25, -0.2) is 8.42 Å². The first-order valence-corrected chi connectivity index (χ1v) is 10.1. The highest BCUT2D eigenvalue weighted by molar-refractivity contribution is 7.90. The van der Waals surface area contributed by atoms with Crippen LogP contribution in [0.1, 0.15) is 59.8 Å². The van der Waals surface area contributed by atoms with E-state index in [4.69, 9.17) is 0 Å². The summed E-state index contributed by atoms with van der Waals surface area (Å²) in [7, 11) is -2.81. The highest BCUT2D eigenvalue weighted by Gasteiger charge is 2.29. The van der Waals surface area contributed by atoms with Crippen LogP contribution < -0.4 is 5.32 Å². The van der Waals surface area contributed by atoms with Crippen LogP contribution in [0, 0.1) is 17.8 Å². The average Bonchev–Trinajstić information content (AvgIpc) is 2.25. The van der Waals surface area contributed by atoms with Gasteiger partial charge in [0.2, 0.25) is 0 Å². The van der Waals surface area contributed by atoms with Crippen LogP contribution in [0.5, 0.6) is 0 Å². The Morgan fingerprint density at radius 2 is 1.80 bits per heavy atom. The van der Waals surface area contributed by atoms with Gasteiger partial charge in [0, 0.05) is 17.5 Å². The molecule has 0 radical (unpaired) electrons. The van der Waals surface area contributed by atoms with Crippen LogP contribution in [-0.4, -0.2) is 32.5 Å². The molecule has 0 bridgehead atoms. The van der Waals surface area contributed by atoms with Crippen molar-refractivity contribution in [3.05, 3.63) is 0 Å². The van der Waals surface area contributed by atoms with Gasteiger partial charge in [0.25, 0.3) is 0 Å². The van der Waals surface area contributed by atoms with Crippen LogP contribution in [0.2, 0.25) is 0 Å². The van der Waals surface area contributed by atoms with Gasteiger partial charge in [-0.2, -0.15) is 0 Å². The minimum Gasteiger partial charge on any atom is -0.312 e. The maximum absolute atomic E-state index is 11.3. The zero-order chi connectivity index (χ0) is 15.4. The van der Waals surface area contributed by atoms with E-state index in [2.05, 4.69) is 33.0 Å². The predicted octanol–water partition coefficient (Wildman–Crippen LogP) is 3.25. The van der Waals surface area contributed by atoms with Crippen LogP contribution in [0.25, 0.3) is 0 Å². The Labute approximate surface area is 125 Å². The quantitative estimate of drug-likeness (QED) is 0.819. The molecule has 1 N–H and O–H groups in total. The molecule has 3 atom stereocenters. The van der Waals surface area contributed by atoms with Crippen molar-refractivity contribution in [3.63, 3.8) is 0 Å². The summed E-state index contributed by atoms with van der Waals surface area (Å²) < 4.78 is 22.5. The van der Waals surface area contributed by atoms with E-state index < -0.39 is 9.84 Å². The molecule has 0 aliphatic heterocycles. The van der Waals surface area contributed by atoms with Gasteiger partial charge >= 0.3 is 0 Å². The zero-order valence-electron chi connectivity index (χ0n) is 13.9. The van der Waals surface area contributed by atoms with Gasteiger partial charge in [0.05, 0.1) is 0 Å². The monoisotopic (exact) mass is 303 g/mol. The van der Waals surface area contributed by atoms with Crippen molar-refractivity contribution < 1.29 is 8.42 Å². The van der Waals surface area contributed by atoms with Crippen molar-refractivity contribution in [1.82, 2.24) is 5.32 Å². The lowest BCUT2D eigenvalue weighted by molar-refractivity contribution is 0.165. The number of hydrogen-bond donors (Lipinski definition) is 1. The van der Waals surface area contributed by atoms with Crippen LogP contribution in [0.15, 0.2) is 0 Å². The Kier molecular flexibility index (Phi) is 6.52. The largest absolute Gasteiger partial charge is 0.312 e. The summed E-state index contributed by atoms with van der Waals surface area (Å²) in [5, 5.41) is 3.62. The summed E-state index contributed by atoms with van der Waals surface area (Å²) in [6, 6.07) is 0. The molecule has 1 aliphatic rings. The molecule has 4 heteroatoms. The Hall–Kier alpha value is -0.0900. The van der Waals surface area contributed by atoms with Gasteiger partial charge in [0.1, 0.15) is 9.84 Å². The molecule has 1 saturated carbocycles. The van der Waals surface area contributed by atoms with E-state index in [9.17, 15) is 8.42 Å². The van der Waals surface area contributed by atoms with Crippen LogP contribution >= 0.6 is 0 Å². The summed E-state index contributed by atoms with van der Waals surface area (Å²) >= 11 is 0. The van der Waals surface area contributed by atoms with Gasteiger partial charge < -0.3 is 5.32 Å². The fraction of sp³-hybridized carbons (Fsp3) is 1.00. The van der Waals surface area contributed by atoms with Gasteiger partial charge in [-0.15, -0.1) is 0 Å². The molecule has 120 valence electrons. The fourth-order valence-corrected chi connectivity index (χ4v) is 3.92. The highest BCUT2D eigenvalue weighted by atomic mass is 32.2. The zero-order valence-corrected chi connectivity index (χ0v) is 14.7. The van der Waals surface area contributed by atoms with Crippen molar-refractivity contribution in [1.29, 1.82) is 0 Å². The fourth-order valence-electron chi connectivity index (χ4n) is 3.23. The number of rotatable bonds is 6. The molecule has 0 spiro atoms. The standard InChI is InChI=1S/C16H33NO2S/c1-13-8-9-15(12-17-16(2,3)4)14(11-13)7-6-10-20(5,18)19/h13-15,17H,6-12H2,1-5H3. The molecule has 20 heavy (non-hydrogen) atoms. The first-order chi connectivity index (χ1) is 9.07. The molecule has 1 fully saturated rings. The smallest absolute Gasteiger partial charge is 0.147 e. The highest BCUT2D eigenvalue weighted by Crippen LogP contribution is 2.36. The van der Waals surface area contributed by atoms with Crippen molar-refractivity contribution >= 4 is 9.84 Å². The summed E-state index contributed by atoms with van der Waals surface area (Å²) in [4.78, 5) is 0. The topological polar surface area (TPSA) is 46.2 Å². The second-order valence-electron chi connectivity index (χ2n) is 7.84. The van der Waals surface area contributed by atoms with E-state index >= 15 is 0 Å². The van der Waals surface area contributed by atoms with Crippen LogP contribution in [-0.2, 0) is 9.84 Å². The van der Waals surface area contributed by atoms with Gasteiger partial charge in [-0.3, -0.25) is 0 Å². The van der Waals surface area contributed by atoms with Crippen molar-refractivity contribution in [2.75, 3.05) is 18.6 Å². The van der Waals surface area contributed by atoms with Crippen LogP contribution in [0.4, 0.5) is 0 Å². The minimum absolute atomic E-state index is 0.167. The Balaban J connectivity index is 2.48. The van der Waals surface area contributed by atoms with E-state index in [1.54, 1.807) is 0 Å².